The van der Waals surface area contributed by atoms with Crippen LogP contribution in [0.5, 0.6) is 0 Å². The maximum Gasteiger partial charge on any atom is 0.0258 e. The standard InChI is InChI=1S/C17H32NP/c1-13(2)19(14(3)4)17-12-8-11-16(17)18-15-9-6-5-7-10-15/h13-15,18H,5-12H2,1-4H3. The van der Waals surface area contributed by atoms with Crippen molar-refractivity contribution in [1.82, 2.24) is 5.32 Å². The molecule has 1 fully saturated rings. The smallest absolute Gasteiger partial charge is 0.0258 e. The zero-order chi connectivity index (χ0) is 13.8. The summed E-state index contributed by atoms with van der Waals surface area (Å²) in [4.78, 5) is 0. The number of hydrogen-bond donors (Lipinski definition) is 1. The molecular weight excluding hydrogens is 249 g/mol. The van der Waals surface area contributed by atoms with Crippen LogP contribution in [0.4, 0.5) is 0 Å². The Balaban J connectivity index is 2.08. The van der Waals surface area contributed by atoms with Crippen LogP contribution in [-0.2, 0) is 0 Å². The van der Waals surface area contributed by atoms with E-state index in [-0.39, 0.29) is 7.92 Å². The molecule has 19 heavy (non-hydrogen) atoms. The Morgan fingerprint density at radius 2 is 1.53 bits per heavy atom. The third-order valence-corrected chi connectivity index (χ3v) is 7.94. The van der Waals surface area contributed by atoms with Crippen LogP contribution in [0.2, 0.25) is 0 Å². The van der Waals surface area contributed by atoms with Crippen LogP contribution in [0.3, 0.4) is 0 Å². The minimum Gasteiger partial charge on any atom is -0.385 e. The highest BCUT2D eigenvalue weighted by Gasteiger charge is 2.28. The molecule has 1 saturated carbocycles. The van der Waals surface area contributed by atoms with Crippen LogP contribution in [0.15, 0.2) is 11.0 Å². The van der Waals surface area contributed by atoms with Crippen molar-refractivity contribution < 1.29 is 0 Å². The minimum atomic E-state index is 0.0712. The van der Waals surface area contributed by atoms with Crippen LogP contribution in [-0.4, -0.2) is 17.4 Å². The second-order valence-corrected chi connectivity index (χ2v) is 10.3. The van der Waals surface area contributed by atoms with Crippen LogP contribution in [0, 0.1) is 0 Å². The molecule has 0 aromatic rings. The van der Waals surface area contributed by atoms with Gasteiger partial charge in [-0.25, -0.2) is 0 Å². The van der Waals surface area contributed by atoms with E-state index in [0.29, 0.717) is 0 Å². The van der Waals surface area contributed by atoms with Crippen molar-refractivity contribution in [3.05, 3.63) is 11.0 Å². The highest BCUT2D eigenvalue weighted by atomic mass is 31.1. The molecule has 0 bridgehead atoms. The molecule has 0 heterocycles. The number of nitrogens with one attached hydrogen (secondary N) is 1. The summed E-state index contributed by atoms with van der Waals surface area (Å²) in [5, 5.41) is 5.79. The fraction of sp³-hybridized carbons (Fsp3) is 0.882. The van der Waals surface area contributed by atoms with E-state index < -0.39 is 0 Å². The topological polar surface area (TPSA) is 12.0 Å². The Morgan fingerprint density at radius 3 is 2.11 bits per heavy atom. The largest absolute Gasteiger partial charge is 0.385 e. The van der Waals surface area contributed by atoms with Crippen LogP contribution < -0.4 is 5.32 Å². The molecule has 0 aromatic heterocycles. The summed E-state index contributed by atoms with van der Waals surface area (Å²) >= 11 is 0. The first-order chi connectivity index (χ1) is 9.09. The van der Waals surface area contributed by atoms with Gasteiger partial charge >= 0.3 is 0 Å². The van der Waals surface area contributed by atoms with Gasteiger partial charge in [0.15, 0.2) is 0 Å². The zero-order valence-electron chi connectivity index (χ0n) is 13.3. The summed E-state index contributed by atoms with van der Waals surface area (Å²) in [5.41, 5.74) is 3.35. The fourth-order valence-corrected chi connectivity index (χ4v) is 7.22. The van der Waals surface area contributed by atoms with Gasteiger partial charge in [0, 0.05) is 11.7 Å². The van der Waals surface area contributed by atoms with Gasteiger partial charge in [-0.1, -0.05) is 54.9 Å². The molecule has 2 rings (SSSR count). The average molecular weight is 281 g/mol. The summed E-state index contributed by atoms with van der Waals surface area (Å²) in [6.07, 6.45) is 11.2. The minimum absolute atomic E-state index is 0.0712. The monoisotopic (exact) mass is 281 g/mol. The van der Waals surface area contributed by atoms with Gasteiger partial charge < -0.3 is 5.32 Å². The van der Waals surface area contributed by atoms with E-state index in [1.807, 2.05) is 5.31 Å². The molecule has 1 N–H and O–H groups in total. The van der Waals surface area contributed by atoms with Gasteiger partial charge in [0.2, 0.25) is 0 Å². The Morgan fingerprint density at radius 1 is 0.895 bits per heavy atom. The third kappa shape index (κ3) is 3.97. The van der Waals surface area contributed by atoms with Gasteiger partial charge in [-0.2, -0.15) is 0 Å². The van der Waals surface area contributed by atoms with E-state index in [1.54, 1.807) is 5.70 Å². The maximum atomic E-state index is 3.95. The Kier molecular flexibility index (Phi) is 5.75. The van der Waals surface area contributed by atoms with E-state index in [2.05, 4.69) is 33.0 Å². The second-order valence-electron chi connectivity index (χ2n) is 6.85. The molecule has 2 heteroatoms. The predicted octanol–water partition coefficient (Wildman–Crippen LogP) is 5.60. The summed E-state index contributed by atoms with van der Waals surface area (Å²) in [6.45, 7) is 9.70. The van der Waals surface area contributed by atoms with E-state index in [0.717, 1.165) is 17.4 Å². The lowest BCUT2D eigenvalue weighted by Gasteiger charge is -2.31. The quantitative estimate of drug-likeness (QED) is 0.646. The highest BCUT2D eigenvalue weighted by molar-refractivity contribution is 7.63. The fourth-order valence-electron chi connectivity index (χ4n) is 3.88. The zero-order valence-corrected chi connectivity index (χ0v) is 14.2. The molecule has 0 aromatic carbocycles. The molecule has 1 nitrogen and oxygen atoms in total. The highest BCUT2D eigenvalue weighted by Crippen LogP contribution is 2.58. The predicted molar refractivity (Wildman–Crippen MR) is 88.1 cm³/mol. The summed E-state index contributed by atoms with van der Waals surface area (Å²) < 4.78 is 0. The van der Waals surface area contributed by atoms with Crippen LogP contribution in [0.1, 0.15) is 79.1 Å². The first kappa shape index (κ1) is 15.4. The molecule has 0 saturated heterocycles. The molecule has 2 aliphatic rings. The lowest BCUT2D eigenvalue weighted by Crippen LogP contribution is -2.30. The molecule has 0 amide bonds. The molecule has 110 valence electrons. The second kappa shape index (κ2) is 7.11. The van der Waals surface area contributed by atoms with Crippen molar-refractivity contribution in [3.63, 3.8) is 0 Å². The Bertz CT molecular complexity index is 305. The van der Waals surface area contributed by atoms with E-state index in [4.69, 9.17) is 0 Å². The van der Waals surface area contributed by atoms with Gasteiger partial charge in [0.25, 0.3) is 0 Å². The van der Waals surface area contributed by atoms with E-state index in [1.165, 1.54) is 51.4 Å². The average Bonchev–Trinajstić information content (AvgIpc) is 2.78. The lowest BCUT2D eigenvalue weighted by atomic mass is 9.95. The number of allylic oxidation sites excluding steroid dienone is 2. The first-order valence-electron chi connectivity index (χ1n) is 8.36. The van der Waals surface area contributed by atoms with Gasteiger partial charge in [-0.05, 0) is 48.7 Å². The van der Waals surface area contributed by atoms with Crippen molar-refractivity contribution in [3.8, 4) is 0 Å². The van der Waals surface area contributed by atoms with E-state index >= 15 is 0 Å². The van der Waals surface area contributed by atoms with Crippen molar-refractivity contribution in [2.45, 2.75) is 96.4 Å². The van der Waals surface area contributed by atoms with Crippen molar-refractivity contribution >= 4 is 7.92 Å². The molecule has 0 radical (unpaired) electrons. The van der Waals surface area contributed by atoms with Gasteiger partial charge in [-0.3, -0.25) is 0 Å². The summed E-state index contributed by atoms with van der Waals surface area (Å²) in [5.74, 6) is 0. The number of rotatable bonds is 5. The molecule has 0 aliphatic heterocycles. The Labute approximate surface area is 121 Å². The molecule has 0 unspecified atom stereocenters. The molecular formula is C17H32NP. The molecule has 0 atom stereocenters. The Hall–Kier alpha value is -0.0300. The van der Waals surface area contributed by atoms with Crippen molar-refractivity contribution in [2.75, 3.05) is 0 Å². The van der Waals surface area contributed by atoms with Gasteiger partial charge in [0.05, 0.1) is 0 Å². The van der Waals surface area contributed by atoms with Crippen molar-refractivity contribution in [2.24, 2.45) is 0 Å². The normalized spacial score (nSPS) is 22.1. The third-order valence-electron chi connectivity index (χ3n) is 4.60. The molecule has 0 spiro atoms. The van der Waals surface area contributed by atoms with Crippen LogP contribution >= 0.6 is 7.92 Å². The lowest BCUT2D eigenvalue weighted by molar-refractivity contribution is 0.394. The van der Waals surface area contributed by atoms with Gasteiger partial charge in [0.1, 0.15) is 0 Å². The summed E-state index contributed by atoms with van der Waals surface area (Å²) in [7, 11) is 0.0712. The van der Waals surface area contributed by atoms with Gasteiger partial charge in [-0.15, -0.1) is 0 Å². The first-order valence-corrected chi connectivity index (χ1v) is 9.84. The maximum absolute atomic E-state index is 3.95. The number of hydrogen-bond acceptors (Lipinski definition) is 1. The van der Waals surface area contributed by atoms with E-state index in [9.17, 15) is 0 Å². The summed E-state index contributed by atoms with van der Waals surface area (Å²) in [6, 6.07) is 0.785. The van der Waals surface area contributed by atoms with Crippen LogP contribution in [0.25, 0.3) is 0 Å². The van der Waals surface area contributed by atoms with Crippen molar-refractivity contribution in [1.29, 1.82) is 0 Å². The SMILES string of the molecule is CC(C)P(C1=C(NC2CCCCC2)CCC1)C(C)C. The molecule has 2 aliphatic carbocycles.